The van der Waals surface area contributed by atoms with Gasteiger partial charge in [0.25, 0.3) is 5.91 Å². The number of nitrogens with zero attached hydrogens (tertiary/aromatic N) is 1. The van der Waals surface area contributed by atoms with Crippen molar-refractivity contribution in [3.05, 3.63) is 59.7 Å². The van der Waals surface area contributed by atoms with E-state index in [4.69, 9.17) is 9.47 Å². The number of anilines is 2. The van der Waals surface area contributed by atoms with Gasteiger partial charge in [-0.1, -0.05) is 30.3 Å². The highest BCUT2D eigenvalue weighted by atomic mass is 16.5. The van der Waals surface area contributed by atoms with Crippen LogP contribution in [0.2, 0.25) is 0 Å². The Morgan fingerprint density at radius 1 is 1.03 bits per heavy atom. The molecule has 2 rings (SSSR count). The van der Waals surface area contributed by atoms with Crippen LogP contribution in [0.15, 0.2) is 48.5 Å². The van der Waals surface area contributed by atoms with Gasteiger partial charge >= 0.3 is 0 Å². The van der Waals surface area contributed by atoms with E-state index in [0.717, 1.165) is 17.7 Å². The Balaban J connectivity index is 1.93. The highest BCUT2D eigenvalue weighted by Crippen LogP contribution is 2.23. The Morgan fingerprint density at radius 2 is 1.80 bits per heavy atom. The molecule has 0 aliphatic rings. The molecule has 7 nitrogen and oxygen atoms in total. The molecular formula is C23H31N3O4. The maximum atomic E-state index is 12.7. The number of ether oxygens (including phenoxy) is 2. The summed E-state index contributed by atoms with van der Waals surface area (Å²) in [5, 5.41) is 5.69. The van der Waals surface area contributed by atoms with Gasteiger partial charge in [0, 0.05) is 45.2 Å². The van der Waals surface area contributed by atoms with Crippen molar-refractivity contribution in [2.24, 2.45) is 0 Å². The van der Waals surface area contributed by atoms with Gasteiger partial charge in [0.15, 0.2) is 0 Å². The summed E-state index contributed by atoms with van der Waals surface area (Å²) >= 11 is 0. The molecule has 0 spiro atoms. The van der Waals surface area contributed by atoms with E-state index in [-0.39, 0.29) is 18.4 Å². The first-order valence-corrected chi connectivity index (χ1v) is 10.1. The van der Waals surface area contributed by atoms with Crippen LogP contribution in [-0.2, 0) is 20.9 Å². The van der Waals surface area contributed by atoms with E-state index in [9.17, 15) is 9.59 Å². The lowest BCUT2D eigenvalue weighted by Crippen LogP contribution is -2.27. The molecule has 2 amide bonds. The van der Waals surface area contributed by atoms with Crippen molar-refractivity contribution in [1.82, 2.24) is 5.32 Å². The summed E-state index contributed by atoms with van der Waals surface area (Å²) in [5.41, 5.74) is 2.83. The SMILES string of the molecule is CCOCCCNC(=O)c1cc(NC(=O)COCc2ccccc2)ccc1N(C)C. The molecule has 0 unspecified atom stereocenters. The Bertz CT molecular complexity index is 809. The summed E-state index contributed by atoms with van der Waals surface area (Å²) in [6, 6.07) is 14.9. The number of nitrogens with one attached hydrogen (secondary N) is 2. The van der Waals surface area contributed by atoms with Gasteiger partial charge < -0.3 is 25.0 Å². The molecule has 0 heterocycles. The minimum absolute atomic E-state index is 0.0662. The molecule has 0 radical (unpaired) electrons. The van der Waals surface area contributed by atoms with Crippen LogP contribution in [0.3, 0.4) is 0 Å². The summed E-state index contributed by atoms with van der Waals surface area (Å²) in [4.78, 5) is 26.7. The van der Waals surface area contributed by atoms with Crippen LogP contribution in [0.5, 0.6) is 0 Å². The minimum atomic E-state index is -0.272. The molecule has 7 heteroatoms. The third kappa shape index (κ3) is 7.85. The van der Waals surface area contributed by atoms with E-state index in [1.807, 2.05) is 62.3 Å². The standard InChI is InChI=1S/C23H31N3O4/c1-4-29-14-8-13-24-23(28)20-15-19(11-12-21(20)26(2)3)25-22(27)17-30-16-18-9-6-5-7-10-18/h5-7,9-12,15H,4,8,13-14,16-17H2,1-3H3,(H,24,28)(H,25,27). The van der Waals surface area contributed by atoms with E-state index in [0.29, 0.717) is 37.6 Å². The van der Waals surface area contributed by atoms with E-state index in [1.54, 1.807) is 12.1 Å². The molecule has 0 aromatic heterocycles. The van der Waals surface area contributed by atoms with Crippen molar-refractivity contribution < 1.29 is 19.1 Å². The second-order valence-corrected chi connectivity index (χ2v) is 6.96. The molecule has 0 bridgehead atoms. The maximum absolute atomic E-state index is 12.7. The van der Waals surface area contributed by atoms with Gasteiger partial charge in [-0.05, 0) is 37.1 Å². The number of amides is 2. The van der Waals surface area contributed by atoms with Gasteiger partial charge in [-0.25, -0.2) is 0 Å². The Morgan fingerprint density at radius 3 is 2.50 bits per heavy atom. The third-order valence-corrected chi connectivity index (χ3v) is 4.31. The van der Waals surface area contributed by atoms with Crippen molar-refractivity contribution in [2.45, 2.75) is 20.0 Å². The summed E-state index contributed by atoms with van der Waals surface area (Å²) in [6.45, 7) is 4.03. The van der Waals surface area contributed by atoms with Crippen LogP contribution in [0.1, 0.15) is 29.3 Å². The largest absolute Gasteiger partial charge is 0.382 e. The van der Waals surface area contributed by atoms with Gasteiger partial charge in [-0.3, -0.25) is 9.59 Å². The molecule has 0 atom stereocenters. The van der Waals surface area contributed by atoms with Crippen molar-refractivity contribution in [2.75, 3.05) is 50.7 Å². The van der Waals surface area contributed by atoms with Crippen molar-refractivity contribution in [3.8, 4) is 0 Å². The zero-order chi connectivity index (χ0) is 21.8. The van der Waals surface area contributed by atoms with Gasteiger partial charge in [-0.15, -0.1) is 0 Å². The molecule has 162 valence electrons. The van der Waals surface area contributed by atoms with E-state index in [1.165, 1.54) is 0 Å². The average molecular weight is 414 g/mol. The molecular weight excluding hydrogens is 382 g/mol. The van der Waals surface area contributed by atoms with Gasteiger partial charge in [0.1, 0.15) is 6.61 Å². The Labute approximate surface area is 178 Å². The molecule has 0 aliphatic heterocycles. The summed E-state index contributed by atoms with van der Waals surface area (Å²) < 4.78 is 10.8. The third-order valence-electron chi connectivity index (χ3n) is 4.31. The molecule has 30 heavy (non-hydrogen) atoms. The number of carbonyl (C=O) groups excluding carboxylic acids is 2. The van der Waals surface area contributed by atoms with Crippen LogP contribution in [0.4, 0.5) is 11.4 Å². The summed E-state index contributed by atoms with van der Waals surface area (Å²) in [5.74, 6) is -0.460. The van der Waals surface area contributed by atoms with E-state index >= 15 is 0 Å². The molecule has 0 aliphatic carbocycles. The number of hydrogen-bond donors (Lipinski definition) is 2. The first kappa shape index (κ1) is 23.4. The van der Waals surface area contributed by atoms with Crippen LogP contribution in [0, 0.1) is 0 Å². The second-order valence-electron chi connectivity index (χ2n) is 6.96. The average Bonchev–Trinajstić information content (AvgIpc) is 2.74. The van der Waals surface area contributed by atoms with Crippen LogP contribution in [0.25, 0.3) is 0 Å². The van der Waals surface area contributed by atoms with Crippen molar-refractivity contribution in [3.63, 3.8) is 0 Å². The molecule has 2 N–H and O–H groups in total. The molecule has 0 saturated heterocycles. The quantitative estimate of drug-likeness (QED) is 0.523. The van der Waals surface area contributed by atoms with Gasteiger partial charge in [0.05, 0.1) is 12.2 Å². The smallest absolute Gasteiger partial charge is 0.253 e. The normalized spacial score (nSPS) is 10.5. The van der Waals surface area contributed by atoms with Crippen LogP contribution in [-0.4, -0.2) is 52.3 Å². The highest BCUT2D eigenvalue weighted by molar-refractivity contribution is 6.02. The fraction of sp³-hybridized carbons (Fsp3) is 0.391. The first-order chi connectivity index (χ1) is 14.5. The fourth-order valence-corrected chi connectivity index (χ4v) is 2.83. The molecule has 2 aromatic rings. The van der Waals surface area contributed by atoms with Crippen LogP contribution < -0.4 is 15.5 Å². The van der Waals surface area contributed by atoms with Crippen molar-refractivity contribution >= 4 is 23.2 Å². The van der Waals surface area contributed by atoms with E-state index < -0.39 is 0 Å². The lowest BCUT2D eigenvalue weighted by atomic mass is 10.1. The maximum Gasteiger partial charge on any atom is 0.253 e. The minimum Gasteiger partial charge on any atom is -0.382 e. The topological polar surface area (TPSA) is 79.9 Å². The predicted molar refractivity (Wildman–Crippen MR) is 119 cm³/mol. The van der Waals surface area contributed by atoms with Gasteiger partial charge in [-0.2, -0.15) is 0 Å². The monoisotopic (exact) mass is 413 g/mol. The first-order valence-electron chi connectivity index (χ1n) is 10.1. The van der Waals surface area contributed by atoms with E-state index in [2.05, 4.69) is 10.6 Å². The molecule has 0 saturated carbocycles. The molecule has 2 aromatic carbocycles. The van der Waals surface area contributed by atoms with Crippen molar-refractivity contribution in [1.29, 1.82) is 0 Å². The lowest BCUT2D eigenvalue weighted by molar-refractivity contribution is -0.121. The Hall–Kier alpha value is -2.90. The Kier molecular flexibility index (Phi) is 9.83. The second kappa shape index (κ2) is 12.6. The lowest BCUT2D eigenvalue weighted by Gasteiger charge is -2.18. The predicted octanol–water partition coefficient (Wildman–Crippen LogP) is 3.06. The number of carbonyl (C=O) groups is 2. The number of benzene rings is 2. The number of rotatable bonds is 12. The zero-order valence-corrected chi connectivity index (χ0v) is 17.9. The molecule has 0 fully saturated rings. The number of hydrogen-bond acceptors (Lipinski definition) is 5. The summed E-state index contributed by atoms with van der Waals surface area (Å²) in [7, 11) is 3.74. The fourth-order valence-electron chi connectivity index (χ4n) is 2.83. The summed E-state index contributed by atoms with van der Waals surface area (Å²) in [6.07, 6.45) is 0.742. The zero-order valence-electron chi connectivity index (χ0n) is 17.9. The van der Waals surface area contributed by atoms with Gasteiger partial charge in [0.2, 0.25) is 5.91 Å². The highest BCUT2D eigenvalue weighted by Gasteiger charge is 2.14. The van der Waals surface area contributed by atoms with Crippen LogP contribution >= 0.6 is 0 Å².